The number of ether oxygens (including phenoxy) is 2. The van der Waals surface area contributed by atoms with Gasteiger partial charge in [-0.1, -0.05) is 25.0 Å². The van der Waals surface area contributed by atoms with Gasteiger partial charge in [0.15, 0.2) is 5.96 Å². The second-order valence-electron chi connectivity index (χ2n) is 8.01. The van der Waals surface area contributed by atoms with Gasteiger partial charge in [-0.15, -0.1) is 0 Å². The van der Waals surface area contributed by atoms with Crippen LogP contribution < -0.4 is 15.4 Å². The van der Waals surface area contributed by atoms with E-state index in [1.165, 1.54) is 31.2 Å². The maximum atomic E-state index is 5.34. The molecule has 0 saturated heterocycles. The van der Waals surface area contributed by atoms with Crippen LogP contribution in [0.25, 0.3) is 0 Å². The Kier molecular flexibility index (Phi) is 9.06. The molecule has 1 aliphatic carbocycles. The van der Waals surface area contributed by atoms with Crippen molar-refractivity contribution in [2.75, 3.05) is 55.1 Å². The van der Waals surface area contributed by atoms with Gasteiger partial charge >= 0.3 is 0 Å². The second-order valence-corrected chi connectivity index (χ2v) is 8.01. The molecule has 1 aromatic rings. The van der Waals surface area contributed by atoms with Crippen LogP contribution in [0.15, 0.2) is 29.3 Å². The molecule has 1 aromatic carbocycles. The average Bonchev–Trinajstić information content (AvgIpc) is 3.18. The topological polar surface area (TPSA) is 58.1 Å². The van der Waals surface area contributed by atoms with E-state index in [2.05, 4.69) is 46.8 Å². The number of nitrogens with one attached hydrogen (secondary N) is 2. The molecule has 1 fully saturated rings. The Bertz CT molecular complexity index is 595. The van der Waals surface area contributed by atoms with Crippen molar-refractivity contribution in [1.82, 2.24) is 15.5 Å². The molecular weight excluding hydrogens is 352 g/mol. The maximum absolute atomic E-state index is 5.34. The summed E-state index contributed by atoms with van der Waals surface area (Å²) in [5.41, 5.74) is 1.59. The molecule has 2 N–H and O–H groups in total. The standard InChI is InChI=1S/C22H38N4O2/c1-23-21(25-17-22(14-15-27-4)12-6-7-13-22)24-16-20(26(2)3)18-8-10-19(28-5)11-9-18/h8-11,20H,6-7,12-17H2,1-5H3,(H2,23,24,25). The molecule has 6 heteroatoms. The van der Waals surface area contributed by atoms with E-state index in [-0.39, 0.29) is 6.04 Å². The Morgan fingerprint density at radius 3 is 2.36 bits per heavy atom. The molecule has 1 aliphatic rings. The molecule has 0 spiro atoms. The zero-order valence-electron chi connectivity index (χ0n) is 18.3. The van der Waals surface area contributed by atoms with Crippen LogP contribution in [0.5, 0.6) is 5.75 Å². The van der Waals surface area contributed by atoms with E-state index in [1.807, 2.05) is 19.2 Å². The first-order chi connectivity index (χ1) is 13.5. The van der Waals surface area contributed by atoms with E-state index in [4.69, 9.17) is 9.47 Å². The Hall–Kier alpha value is -1.79. The molecule has 1 atom stereocenters. The molecule has 2 rings (SSSR count). The van der Waals surface area contributed by atoms with Gasteiger partial charge in [0.1, 0.15) is 5.75 Å². The Morgan fingerprint density at radius 2 is 1.82 bits per heavy atom. The van der Waals surface area contributed by atoms with Crippen LogP contribution in [0.4, 0.5) is 0 Å². The maximum Gasteiger partial charge on any atom is 0.191 e. The summed E-state index contributed by atoms with van der Waals surface area (Å²) in [4.78, 5) is 6.66. The van der Waals surface area contributed by atoms with Gasteiger partial charge in [-0.3, -0.25) is 4.99 Å². The van der Waals surface area contributed by atoms with Gasteiger partial charge in [0.2, 0.25) is 0 Å². The number of hydrogen-bond donors (Lipinski definition) is 2. The highest BCUT2D eigenvalue weighted by molar-refractivity contribution is 5.79. The number of guanidine groups is 1. The van der Waals surface area contributed by atoms with Crippen molar-refractivity contribution in [2.45, 2.75) is 38.1 Å². The molecule has 1 unspecified atom stereocenters. The minimum atomic E-state index is 0.249. The summed E-state index contributed by atoms with van der Waals surface area (Å²) < 4.78 is 10.6. The SMILES string of the molecule is CN=C(NCC(c1ccc(OC)cc1)N(C)C)NCC1(CCOC)CCCC1. The number of likely N-dealkylation sites (N-methyl/N-ethyl adjacent to an activating group) is 1. The Morgan fingerprint density at radius 1 is 1.14 bits per heavy atom. The predicted molar refractivity (Wildman–Crippen MR) is 116 cm³/mol. The van der Waals surface area contributed by atoms with Gasteiger partial charge in [-0.2, -0.15) is 0 Å². The monoisotopic (exact) mass is 390 g/mol. The Labute approximate surface area is 170 Å². The molecule has 6 nitrogen and oxygen atoms in total. The van der Waals surface area contributed by atoms with Gasteiger partial charge in [0, 0.05) is 33.9 Å². The third-order valence-electron chi connectivity index (χ3n) is 5.94. The molecule has 0 aromatic heterocycles. The normalized spacial score (nSPS) is 17.6. The van der Waals surface area contributed by atoms with Crippen LogP contribution in [0.2, 0.25) is 0 Å². The fraction of sp³-hybridized carbons (Fsp3) is 0.682. The van der Waals surface area contributed by atoms with Gasteiger partial charge in [0.05, 0.1) is 13.2 Å². The lowest BCUT2D eigenvalue weighted by Crippen LogP contribution is -2.45. The zero-order valence-corrected chi connectivity index (χ0v) is 18.3. The lowest BCUT2D eigenvalue weighted by Gasteiger charge is -2.31. The van der Waals surface area contributed by atoms with Crippen molar-refractivity contribution in [3.8, 4) is 5.75 Å². The first-order valence-corrected chi connectivity index (χ1v) is 10.3. The highest BCUT2D eigenvalue weighted by atomic mass is 16.5. The summed E-state index contributed by atoms with van der Waals surface area (Å²) in [5.74, 6) is 1.74. The van der Waals surface area contributed by atoms with E-state index >= 15 is 0 Å². The van der Waals surface area contributed by atoms with Crippen molar-refractivity contribution in [1.29, 1.82) is 0 Å². The minimum Gasteiger partial charge on any atom is -0.497 e. The molecule has 0 bridgehead atoms. The van der Waals surface area contributed by atoms with Crippen LogP contribution in [-0.2, 0) is 4.74 Å². The van der Waals surface area contributed by atoms with E-state index in [0.717, 1.165) is 37.8 Å². The smallest absolute Gasteiger partial charge is 0.191 e. The third kappa shape index (κ3) is 6.38. The summed E-state index contributed by atoms with van der Waals surface area (Å²) in [7, 11) is 9.52. The Balaban J connectivity index is 1.93. The van der Waals surface area contributed by atoms with Gasteiger partial charge in [-0.05, 0) is 56.5 Å². The highest BCUT2D eigenvalue weighted by Gasteiger charge is 2.33. The summed E-state index contributed by atoms with van der Waals surface area (Å²) in [6.07, 6.45) is 6.29. The van der Waals surface area contributed by atoms with Gasteiger partial charge in [0.25, 0.3) is 0 Å². The lowest BCUT2D eigenvalue weighted by molar-refractivity contribution is 0.138. The van der Waals surface area contributed by atoms with Gasteiger partial charge < -0.3 is 25.0 Å². The zero-order chi connectivity index (χ0) is 20.4. The van der Waals surface area contributed by atoms with Crippen LogP contribution in [0, 0.1) is 5.41 Å². The molecule has 0 aliphatic heterocycles. The highest BCUT2D eigenvalue weighted by Crippen LogP contribution is 2.40. The van der Waals surface area contributed by atoms with E-state index in [9.17, 15) is 0 Å². The molecule has 0 amide bonds. The number of rotatable bonds is 10. The van der Waals surface area contributed by atoms with Crippen molar-refractivity contribution >= 4 is 5.96 Å². The number of nitrogens with zero attached hydrogens (tertiary/aromatic N) is 2. The van der Waals surface area contributed by atoms with Gasteiger partial charge in [-0.25, -0.2) is 0 Å². The molecule has 28 heavy (non-hydrogen) atoms. The molecule has 1 saturated carbocycles. The number of benzene rings is 1. The molecule has 0 heterocycles. The largest absolute Gasteiger partial charge is 0.497 e. The summed E-state index contributed by atoms with van der Waals surface area (Å²) in [6, 6.07) is 8.52. The van der Waals surface area contributed by atoms with E-state index < -0.39 is 0 Å². The van der Waals surface area contributed by atoms with E-state index in [0.29, 0.717) is 5.41 Å². The number of aliphatic imine (C=N–C) groups is 1. The summed E-state index contributed by atoms with van der Waals surface area (Å²) in [5, 5.41) is 7.08. The summed E-state index contributed by atoms with van der Waals surface area (Å²) >= 11 is 0. The minimum absolute atomic E-state index is 0.249. The van der Waals surface area contributed by atoms with Crippen molar-refractivity contribution in [3.05, 3.63) is 29.8 Å². The number of methoxy groups -OCH3 is 2. The van der Waals surface area contributed by atoms with Crippen molar-refractivity contribution < 1.29 is 9.47 Å². The van der Waals surface area contributed by atoms with Crippen LogP contribution in [-0.4, -0.2) is 65.9 Å². The van der Waals surface area contributed by atoms with Crippen molar-refractivity contribution in [2.24, 2.45) is 10.4 Å². The predicted octanol–water partition coefficient (Wildman–Crippen LogP) is 3.06. The van der Waals surface area contributed by atoms with Crippen LogP contribution in [0.1, 0.15) is 43.7 Å². The molecule has 0 radical (unpaired) electrons. The lowest BCUT2D eigenvalue weighted by atomic mass is 9.83. The first-order valence-electron chi connectivity index (χ1n) is 10.3. The summed E-state index contributed by atoms with van der Waals surface area (Å²) in [6.45, 7) is 2.56. The second kappa shape index (κ2) is 11.3. The van der Waals surface area contributed by atoms with E-state index in [1.54, 1.807) is 14.2 Å². The van der Waals surface area contributed by atoms with Crippen molar-refractivity contribution in [3.63, 3.8) is 0 Å². The third-order valence-corrected chi connectivity index (χ3v) is 5.94. The fourth-order valence-corrected chi connectivity index (χ4v) is 4.07. The number of hydrogen-bond acceptors (Lipinski definition) is 4. The average molecular weight is 391 g/mol. The molecule has 158 valence electrons. The van der Waals surface area contributed by atoms with Crippen LogP contribution in [0.3, 0.4) is 0 Å². The first kappa shape index (κ1) is 22.5. The quantitative estimate of drug-likeness (QED) is 0.475. The van der Waals surface area contributed by atoms with Crippen LogP contribution >= 0.6 is 0 Å². The fourth-order valence-electron chi connectivity index (χ4n) is 4.07. The molecular formula is C22H38N4O2.